The number of aliphatic hydroxyl groups excluding tert-OH is 1. The average molecular weight is 483 g/mol. The van der Waals surface area contributed by atoms with Crippen LogP contribution in [0.5, 0.6) is 0 Å². The van der Waals surface area contributed by atoms with Gasteiger partial charge >= 0.3 is 12.1 Å². The Morgan fingerprint density at radius 3 is 2.00 bits per heavy atom. The minimum Gasteiger partial charge on any atom is -0.480 e. The SMILES string of the molecule is CC(C)(C)CCC(NC(=O)OCC1c2ccccc2-c2ccccc21)C(=O)NC(CCO)C(=O)O. The van der Waals surface area contributed by atoms with E-state index in [4.69, 9.17) is 9.84 Å². The van der Waals surface area contributed by atoms with Gasteiger partial charge in [-0.05, 0) is 40.5 Å². The number of carbonyl (C=O) groups is 3. The van der Waals surface area contributed by atoms with Crippen molar-refractivity contribution in [3.63, 3.8) is 0 Å². The number of amides is 2. The molecule has 2 aromatic carbocycles. The largest absolute Gasteiger partial charge is 0.480 e. The first-order chi connectivity index (χ1) is 16.6. The molecule has 0 heterocycles. The number of carboxylic acid groups (broad SMARTS) is 1. The van der Waals surface area contributed by atoms with Crippen LogP contribution in [0.2, 0.25) is 0 Å². The lowest BCUT2D eigenvalue weighted by Crippen LogP contribution is -2.52. The maximum absolute atomic E-state index is 12.8. The number of alkyl carbamates (subject to hydrolysis) is 1. The molecule has 2 amide bonds. The fraction of sp³-hybridized carbons (Fsp3) is 0.444. The molecule has 35 heavy (non-hydrogen) atoms. The molecule has 3 rings (SSSR count). The highest BCUT2D eigenvalue weighted by Gasteiger charge is 2.31. The van der Waals surface area contributed by atoms with Crippen LogP contribution in [0.15, 0.2) is 48.5 Å². The van der Waals surface area contributed by atoms with Crippen LogP contribution in [0.4, 0.5) is 4.79 Å². The van der Waals surface area contributed by atoms with Crippen molar-refractivity contribution in [3.05, 3.63) is 59.7 Å². The van der Waals surface area contributed by atoms with E-state index in [1.807, 2.05) is 69.3 Å². The molecule has 8 heteroatoms. The first kappa shape index (κ1) is 26.2. The highest BCUT2D eigenvalue weighted by atomic mass is 16.5. The third kappa shape index (κ3) is 6.82. The Labute approximate surface area is 205 Å². The molecule has 2 unspecified atom stereocenters. The summed E-state index contributed by atoms with van der Waals surface area (Å²) >= 11 is 0. The standard InChI is InChI=1S/C27H34N2O6/c1-27(2,3)14-12-22(24(31)28-23(13-15-30)25(32)33)29-26(34)35-16-21-19-10-6-4-8-17(19)18-9-5-7-11-20(18)21/h4-11,21-23,30H,12-16H2,1-3H3,(H,28,31)(H,29,34)(H,32,33). The summed E-state index contributed by atoms with van der Waals surface area (Å²) in [6.45, 7) is 5.77. The monoisotopic (exact) mass is 482 g/mol. The number of nitrogens with one attached hydrogen (secondary N) is 2. The van der Waals surface area contributed by atoms with Gasteiger partial charge < -0.3 is 25.6 Å². The molecule has 188 valence electrons. The Kier molecular flexibility index (Phi) is 8.51. The fourth-order valence-electron chi connectivity index (χ4n) is 4.29. The maximum atomic E-state index is 12.8. The molecule has 8 nitrogen and oxygen atoms in total. The van der Waals surface area contributed by atoms with Crippen molar-refractivity contribution in [1.82, 2.24) is 10.6 Å². The topological polar surface area (TPSA) is 125 Å². The van der Waals surface area contributed by atoms with E-state index >= 15 is 0 Å². The number of aliphatic hydroxyl groups is 1. The van der Waals surface area contributed by atoms with E-state index in [1.54, 1.807) is 0 Å². The number of fused-ring (bicyclic) bond motifs is 3. The molecule has 4 N–H and O–H groups in total. The molecule has 1 aliphatic carbocycles. The van der Waals surface area contributed by atoms with Crippen LogP contribution < -0.4 is 10.6 Å². The van der Waals surface area contributed by atoms with Crippen molar-refractivity contribution >= 4 is 18.0 Å². The normalized spacial score (nSPS) is 14.4. The average Bonchev–Trinajstić information content (AvgIpc) is 3.13. The zero-order valence-corrected chi connectivity index (χ0v) is 20.4. The van der Waals surface area contributed by atoms with Gasteiger partial charge in [-0.15, -0.1) is 0 Å². The highest BCUT2D eigenvalue weighted by molar-refractivity contribution is 5.89. The van der Waals surface area contributed by atoms with Gasteiger partial charge in [0.2, 0.25) is 5.91 Å². The summed E-state index contributed by atoms with van der Waals surface area (Å²) in [6.07, 6.45) is 0.0603. The zero-order chi connectivity index (χ0) is 25.6. The molecule has 0 saturated carbocycles. The Morgan fingerprint density at radius 1 is 0.914 bits per heavy atom. The third-order valence-electron chi connectivity index (χ3n) is 6.17. The predicted octanol–water partition coefficient (Wildman–Crippen LogP) is 3.67. The Balaban J connectivity index is 1.68. The van der Waals surface area contributed by atoms with E-state index in [2.05, 4.69) is 10.6 Å². The summed E-state index contributed by atoms with van der Waals surface area (Å²) in [4.78, 5) is 37.0. The van der Waals surface area contributed by atoms with Crippen LogP contribution in [0.25, 0.3) is 11.1 Å². The highest BCUT2D eigenvalue weighted by Crippen LogP contribution is 2.44. The molecular formula is C27H34N2O6. The number of hydrogen-bond donors (Lipinski definition) is 4. The van der Waals surface area contributed by atoms with Crippen LogP contribution in [0, 0.1) is 5.41 Å². The summed E-state index contributed by atoms with van der Waals surface area (Å²) in [6, 6.07) is 13.8. The number of hydrogen-bond acceptors (Lipinski definition) is 5. The van der Waals surface area contributed by atoms with E-state index in [-0.39, 0.29) is 31.0 Å². The zero-order valence-electron chi connectivity index (χ0n) is 20.4. The van der Waals surface area contributed by atoms with Gasteiger partial charge in [0.15, 0.2) is 0 Å². The van der Waals surface area contributed by atoms with E-state index in [0.29, 0.717) is 12.8 Å². The van der Waals surface area contributed by atoms with E-state index in [9.17, 15) is 19.5 Å². The third-order valence-corrected chi connectivity index (χ3v) is 6.17. The number of carbonyl (C=O) groups excluding carboxylic acids is 2. The number of benzene rings is 2. The fourth-order valence-corrected chi connectivity index (χ4v) is 4.29. The summed E-state index contributed by atoms with van der Waals surface area (Å²) in [5.41, 5.74) is 4.29. The number of carboxylic acids is 1. The van der Waals surface area contributed by atoms with Crippen LogP contribution in [-0.4, -0.2) is 53.5 Å². The van der Waals surface area contributed by atoms with Gasteiger partial charge in [-0.25, -0.2) is 9.59 Å². The van der Waals surface area contributed by atoms with E-state index < -0.39 is 30.1 Å². The lowest BCUT2D eigenvalue weighted by atomic mass is 9.88. The lowest BCUT2D eigenvalue weighted by molar-refractivity contribution is -0.142. The molecular weight excluding hydrogens is 448 g/mol. The molecule has 1 aliphatic rings. The molecule has 0 bridgehead atoms. The summed E-state index contributed by atoms with van der Waals surface area (Å²) < 4.78 is 5.57. The quantitative estimate of drug-likeness (QED) is 0.410. The van der Waals surface area contributed by atoms with Crippen molar-refractivity contribution in [2.45, 2.75) is 58.0 Å². The summed E-state index contributed by atoms with van der Waals surface area (Å²) in [5, 5.41) is 23.4. The number of rotatable bonds is 10. The number of ether oxygens (including phenoxy) is 1. The molecule has 0 fully saturated rings. The minimum atomic E-state index is -1.25. The second kappa shape index (κ2) is 11.4. The van der Waals surface area contributed by atoms with Crippen LogP contribution in [0.1, 0.15) is 57.1 Å². The van der Waals surface area contributed by atoms with Gasteiger partial charge in [-0.2, -0.15) is 0 Å². The smallest absolute Gasteiger partial charge is 0.407 e. The van der Waals surface area contributed by atoms with E-state index in [1.165, 1.54) is 0 Å². The molecule has 0 saturated heterocycles. The Bertz CT molecular complexity index is 1020. The first-order valence-corrected chi connectivity index (χ1v) is 11.9. The van der Waals surface area contributed by atoms with Crippen molar-refractivity contribution in [2.24, 2.45) is 5.41 Å². The van der Waals surface area contributed by atoms with Crippen LogP contribution in [-0.2, 0) is 14.3 Å². The van der Waals surface area contributed by atoms with Gasteiger partial charge in [0.05, 0.1) is 0 Å². The molecule has 2 atom stereocenters. The van der Waals surface area contributed by atoms with Gasteiger partial charge in [0.1, 0.15) is 18.7 Å². The van der Waals surface area contributed by atoms with Gasteiger partial charge in [-0.1, -0.05) is 69.3 Å². The summed E-state index contributed by atoms with van der Waals surface area (Å²) in [5.74, 6) is -1.98. The van der Waals surface area contributed by atoms with E-state index in [0.717, 1.165) is 22.3 Å². The lowest BCUT2D eigenvalue weighted by Gasteiger charge is -2.25. The van der Waals surface area contributed by atoms with Crippen LogP contribution in [0.3, 0.4) is 0 Å². The minimum absolute atomic E-state index is 0.0985. The van der Waals surface area contributed by atoms with Crippen molar-refractivity contribution in [2.75, 3.05) is 13.2 Å². The molecule has 0 radical (unpaired) electrons. The molecule has 0 aliphatic heterocycles. The number of aliphatic carboxylic acids is 1. The van der Waals surface area contributed by atoms with Gasteiger partial charge in [0.25, 0.3) is 0 Å². The molecule has 0 aromatic heterocycles. The van der Waals surface area contributed by atoms with Gasteiger partial charge in [0, 0.05) is 18.9 Å². The second-order valence-electron chi connectivity index (χ2n) is 10.0. The second-order valence-corrected chi connectivity index (χ2v) is 10.0. The molecule has 0 spiro atoms. The van der Waals surface area contributed by atoms with Gasteiger partial charge in [-0.3, -0.25) is 4.79 Å². The first-order valence-electron chi connectivity index (χ1n) is 11.9. The maximum Gasteiger partial charge on any atom is 0.407 e. The Morgan fingerprint density at radius 2 is 1.49 bits per heavy atom. The van der Waals surface area contributed by atoms with Crippen molar-refractivity contribution in [1.29, 1.82) is 0 Å². The summed E-state index contributed by atoms with van der Waals surface area (Å²) in [7, 11) is 0. The predicted molar refractivity (Wildman–Crippen MR) is 132 cm³/mol. The Hall–Kier alpha value is -3.39. The van der Waals surface area contributed by atoms with Crippen molar-refractivity contribution < 1.29 is 29.3 Å². The van der Waals surface area contributed by atoms with Crippen LogP contribution >= 0.6 is 0 Å². The molecule has 2 aromatic rings. The van der Waals surface area contributed by atoms with Crippen molar-refractivity contribution in [3.8, 4) is 11.1 Å².